The molecule has 0 fully saturated rings. The molecule has 0 aliphatic heterocycles. The first-order chi connectivity index (χ1) is 18.7. The molecule has 0 unspecified atom stereocenters. The first kappa shape index (κ1) is 29.2. The molecule has 0 saturated heterocycles. The van der Waals surface area contributed by atoms with Crippen LogP contribution in [-0.4, -0.2) is 44.3 Å². The molecule has 0 aliphatic carbocycles. The second-order valence-electron chi connectivity index (χ2n) is 8.22. The van der Waals surface area contributed by atoms with E-state index in [-0.39, 0.29) is 12.5 Å². The zero-order valence-corrected chi connectivity index (χ0v) is 23.5. The highest BCUT2D eigenvalue weighted by atomic mass is 79.9. The van der Waals surface area contributed by atoms with E-state index in [1.165, 1.54) is 13.3 Å². The third-order valence-electron chi connectivity index (χ3n) is 5.37. The maximum atomic E-state index is 12.5. The number of hydrogen-bond donors (Lipinski definition) is 3. The van der Waals surface area contributed by atoms with Crippen molar-refractivity contribution in [3.63, 3.8) is 0 Å². The Kier molecular flexibility index (Phi) is 10.4. The van der Waals surface area contributed by atoms with Crippen LogP contribution < -0.4 is 30.3 Å². The fraction of sp³-hybridized carbons (Fsp3) is 0.214. The number of nitrogens with one attached hydrogen (secondary N) is 3. The van der Waals surface area contributed by atoms with Gasteiger partial charge in [0.1, 0.15) is 5.75 Å². The smallest absolute Gasteiger partial charge is 0.329 e. The number of ether oxygens (including phenoxy) is 3. The lowest BCUT2D eigenvalue weighted by Crippen LogP contribution is -2.32. The molecule has 11 heteroatoms. The zero-order chi connectivity index (χ0) is 28.4. The van der Waals surface area contributed by atoms with E-state index in [1.807, 2.05) is 39.0 Å². The number of para-hydroxylation sites is 3. The molecule has 0 atom stereocenters. The number of hydrogen-bond acceptors (Lipinski definition) is 7. The van der Waals surface area contributed by atoms with Crippen LogP contribution >= 0.6 is 15.9 Å². The molecule has 39 heavy (non-hydrogen) atoms. The summed E-state index contributed by atoms with van der Waals surface area (Å²) < 4.78 is 17.1. The minimum atomic E-state index is -0.960. The Morgan fingerprint density at radius 2 is 1.64 bits per heavy atom. The highest BCUT2D eigenvalue weighted by Gasteiger charge is 2.16. The number of carbonyl (C=O) groups is 3. The summed E-state index contributed by atoms with van der Waals surface area (Å²) in [6, 6.07) is 15.8. The van der Waals surface area contributed by atoms with Crippen LogP contribution in [0.2, 0.25) is 0 Å². The lowest BCUT2D eigenvalue weighted by atomic mass is 10.1. The fourth-order valence-corrected chi connectivity index (χ4v) is 4.10. The molecule has 3 N–H and O–H groups in total. The highest BCUT2D eigenvalue weighted by molar-refractivity contribution is 9.10. The van der Waals surface area contributed by atoms with Crippen molar-refractivity contribution >= 4 is 51.2 Å². The van der Waals surface area contributed by atoms with Gasteiger partial charge in [-0.25, -0.2) is 5.43 Å². The number of anilines is 2. The quantitative estimate of drug-likeness (QED) is 0.179. The van der Waals surface area contributed by atoms with Crippen molar-refractivity contribution in [2.24, 2.45) is 5.10 Å². The molecule has 0 bridgehead atoms. The average molecular weight is 597 g/mol. The molecule has 0 heterocycles. The van der Waals surface area contributed by atoms with Crippen molar-refractivity contribution in [2.45, 2.75) is 20.8 Å². The maximum absolute atomic E-state index is 12.5. The predicted octanol–water partition coefficient (Wildman–Crippen LogP) is 4.58. The van der Waals surface area contributed by atoms with Crippen molar-refractivity contribution in [3.05, 3.63) is 75.8 Å². The number of methoxy groups -OCH3 is 1. The largest absolute Gasteiger partial charge is 0.493 e. The van der Waals surface area contributed by atoms with Gasteiger partial charge in [-0.2, -0.15) is 5.10 Å². The minimum Gasteiger partial charge on any atom is -0.493 e. The molecule has 204 valence electrons. The number of amides is 3. The normalized spacial score (nSPS) is 10.6. The Labute approximate surface area is 234 Å². The van der Waals surface area contributed by atoms with E-state index in [1.54, 1.807) is 36.4 Å². The first-order valence-corrected chi connectivity index (χ1v) is 12.7. The van der Waals surface area contributed by atoms with Gasteiger partial charge in [0.05, 0.1) is 30.1 Å². The molecule has 3 aromatic carbocycles. The first-order valence-electron chi connectivity index (χ1n) is 12.0. The third-order valence-corrected chi connectivity index (χ3v) is 5.96. The minimum absolute atomic E-state index is 0.242. The molecule has 3 amide bonds. The zero-order valence-electron chi connectivity index (χ0n) is 22.0. The van der Waals surface area contributed by atoms with E-state index < -0.39 is 11.8 Å². The summed E-state index contributed by atoms with van der Waals surface area (Å²) in [5.74, 6) is -1.08. The molecular weight excluding hydrogens is 568 g/mol. The van der Waals surface area contributed by atoms with E-state index in [0.717, 1.165) is 16.8 Å². The van der Waals surface area contributed by atoms with Crippen LogP contribution in [-0.2, 0) is 14.4 Å². The van der Waals surface area contributed by atoms with Gasteiger partial charge in [0.15, 0.2) is 18.1 Å². The van der Waals surface area contributed by atoms with Crippen molar-refractivity contribution in [1.29, 1.82) is 0 Å². The second-order valence-corrected chi connectivity index (χ2v) is 9.07. The number of benzene rings is 3. The summed E-state index contributed by atoms with van der Waals surface area (Å²) in [7, 11) is 1.46. The second kappa shape index (κ2) is 14.0. The van der Waals surface area contributed by atoms with Crippen LogP contribution in [0.5, 0.6) is 17.2 Å². The van der Waals surface area contributed by atoms with E-state index >= 15 is 0 Å². The van der Waals surface area contributed by atoms with Gasteiger partial charge >= 0.3 is 11.8 Å². The van der Waals surface area contributed by atoms with Gasteiger partial charge < -0.3 is 24.8 Å². The van der Waals surface area contributed by atoms with Gasteiger partial charge in [-0.3, -0.25) is 14.4 Å². The van der Waals surface area contributed by atoms with Gasteiger partial charge in [-0.05, 0) is 77.7 Å². The average Bonchev–Trinajstić information content (AvgIpc) is 2.91. The van der Waals surface area contributed by atoms with Crippen molar-refractivity contribution in [1.82, 2.24) is 5.43 Å². The summed E-state index contributed by atoms with van der Waals surface area (Å²) in [5, 5.41) is 9.21. The number of nitrogens with zero attached hydrogens (tertiary/aromatic N) is 1. The van der Waals surface area contributed by atoms with Crippen LogP contribution in [0.1, 0.15) is 23.6 Å². The van der Waals surface area contributed by atoms with Crippen LogP contribution in [0.4, 0.5) is 11.4 Å². The molecule has 3 aromatic rings. The molecule has 0 aromatic heterocycles. The van der Waals surface area contributed by atoms with Crippen LogP contribution in [0, 0.1) is 13.8 Å². The summed E-state index contributed by atoms with van der Waals surface area (Å²) >= 11 is 3.42. The summed E-state index contributed by atoms with van der Waals surface area (Å²) in [5.41, 5.74) is 5.74. The number of rotatable bonds is 10. The standard InChI is InChI=1S/C28H29BrN4O6/c1-5-38-22-12-7-6-11-21(22)31-27(35)28(36)33-30-15-19-13-20(29)26(23(14-19)37-4)39-16-24(34)32-25-17(2)9-8-10-18(25)3/h6-15H,5,16H2,1-4H3,(H,31,35)(H,32,34)(H,33,36)/b30-15-. The Balaban J connectivity index is 1.60. The molecule has 0 saturated carbocycles. The number of hydrazone groups is 1. The van der Waals surface area contributed by atoms with Crippen LogP contribution in [0.3, 0.4) is 0 Å². The summed E-state index contributed by atoms with van der Waals surface area (Å²) in [6.45, 7) is 5.82. The van der Waals surface area contributed by atoms with Gasteiger partial charge in [-0.15, -0.1) is 0 Å². The van der Waals surface area contributed by atoms with Gasteiger partial charge in [0.25, 0.3) is 5.91 Å². The van der Waals surface area contributed by atoms with E-state index in [4.69, 9.17) is 14.2 Å². The van der Waals surface area contributed by atoms with Crippen LogP contribution in [0.25, 0.3) is 0 Å². The van der Waals surface area contributed by atoms with Crippen molar-refractivity contribution < 1.29 is 28.6 Å². The Bertz CT molecular complexity index is 1370. The Morgan fingerprint density at radius 1 is 0.923 bits per heavy atom. The molecule has 0 radical (unpaired) electrons. The number of aryl methyl sites for hydroxylation is 2. The number of carbonyl (C=O) groups excluding carboxylic acids is 3. The third kappa shape index (κ3) is 8.05. The Hall–Kier alpha value is -4.38. The van der Waals surface area contributed by atoms with Crippen LogP contribution in [0.15, 0.2) is 64.2 Å². The Morgan fingerprint density at radius 3 is 2.33 bits per heavy atom. The van der Waals surface area contributed by atoms with E-state index in [0.29, 0.717) is 39.6 Å². The van der Waals surface area contributed by atoms with Crippen molar-refractivity contribution in [2.75, 3.05) is 31.0 Å². The lowest BCUT2D eigenvalue weighted by Gasteiger charge is -2.15. The summed E-state index contributed by atoms with van der Waals surface area (Å²) in [6.07, 6.45) is 1.34. The van der Waals surface area contributed by atoms with Gasteiger partial charge in [0.2, 0.25) is 0 Å². The van der Waals surface area contributed by atoms with Gasteiger partial charge in [-0.1, -0.05) is 30.3 Å². The van der Waals surface area contributed by atoms with Crippen molar-refractivity contribution in [3.8, 4) is 17.2 Å². The van der Waals surface area contributed by atoms with E-state index in [2.05, 4.69) is 37.1 Å². The topological polar surface area (TPSA) is 127 Å². The maximum Gasteiger partial charge on any atom is 0.329 e. The fourth-order valence-electron chi connectivity index (χ4n) is 3.53. The number of halogens is 1. The molecule has 0 aliphatic rings. The molecule has 0 spiro atoms. The molecular formula is C28H29BrN4O6. The lowest BCUT2D eigenvalue weighted by molar-refractivity contribution is -0.136. The highest BCUT2D eigenvalue weighted by Crippen LogP contribution is 2.36. The van der Waals surface area contributed by atoms with Gasteiger partial charge in [0, 0.05) is 5.69 Å². The SMILES string of the molecule is CCOc1ccccc1NC(=O)C(=O)N/N=C\c1cc(Br)c(OCC(=O)Nc2c(C)cccc2C)c(OC)c1. The monoisotopic (exact) mass is 596 g/mol. The van der Waals surface area contributed by atoms with E-state index in [9.17, 15) is 14.4 Å². The summed E-state index contributed by atoms with van der Waals surface area (Å²) in [4.78, 5) is 37.0. The molecule has 3 rings (SSSR count). The molecule has 10 nitrogen and oxygen atoms in total. The predicted molar refractivity (Wildman–Crippen MR) is 153 cm³/mol.